The topological polar surface area (TPSA) is 78.9 Å². The van der Waals surface area contributed by atoms with Crippen LogP contribution in [0.3, 0.4) is 0 Å². The summed E-state index contributed by atoms with van der Waals surface area (Å²) in [4.78, 5) is 10.9. The number of rotatable bonds is 4. The quantitative estimate of drug-likeness (QED) is 0.643. The molecule has 3 N–H and O–H groups in total. The van der Waals surface area contributed by atoms with Crippen LogP contribution in [0.1, 0.15) is 44.7 Å². The van der Waals surface area contributed by atoms with Gasteiger partial charge in [0.25, 0.3) is 0 Å². The van der Waals surface area contributed by atoms with Crippen molar-refractivity contribution in [2.75, 3.05) is 18.0 Å². The van der Waals surface area contributed by atoms with Gasteiger partial charge in [0.1, 0.15) is 11.5 Å². The molecule has 1 aromatic rings. The normalized spacial score (nSPS) is 20.1. The fourth-order valence-corrected chi connectivity index (χ4v) is 2.71. The van der Waals surface area contributed by atoms with Crippen molar-refractivity contribution in [2.45, 2.75) is 39.0 Å². The molecule has 1 unspecified atom stereocenters. The van der Waals surface area contributed by atoms with Crippen LogP contribution >= 0.6 is 0 Å². The van der Waals surface area contributed by atoms with Crippen molar-refractivity contribution in [3.05, 3.63) is 18.0 Å². The minimum Gasteiger partial charge on any atom is -0.382 e. The predicted molar refractivity (Wildman–Crippen MR) is 77.5 cm³/mol. The van der Waals surface area contributed by atoms with Crippen LogP contribution in [0.4, 0.5) is 5.95 Å². The summed E-state index contributed by atoms with van der Waals surface area (Å²) in [6.07, 6.45) is 7.98. The van der Waals surface area contributed by atoms with Crippen LogP contribution in [0.25, 0.3) is 0 Å². The Kier molecular flexibility index (Phi) is 4.71. The van der Waals surface area contributed by atoms with E-state index in [9.17, 15) is 0 Å². The molecule has 2 rings (SSSR count). The SMILES string of the molecule is CCCC1CCCN(c2nccc(C(=N)N)n2)CC1. The molecule has 0 aromatic carbocycles. The van der Waals surface area contributed by atoms with E-state index in [0.29, 0.717) is 11.6 Å². The number of nitrogens with zero attached hydrogens (tertiary/aromatic N) is 3. The molecule has 5 heteroatoms. The summed E-state index contributed by atoms with van der Waals surface area (Å²) in [5.74, 6) is 1.55. The minimum atomic E-state index is 0.00216. The summed E-state index contributed by atoms with van der Waals surface area (Å²) in [5, 5.41) is 7.45. The minimum absolute atomic E-state index is 0.00216. The van der Waals surface area contributed by atoms with Crippen molar-refractivity contribution in [1.29, 1.82) is 5.41 Å². The molecule has 0 bridgehead atoms. The van der Waals surface area contributed by atoms with Crippen molar-refractivity contribution in [3.8, 4) is 0 Å². The van der Waals surface area contributed by atoms with E-state index in [1.165, 1.54) is 32.1 Å². The maximum atomic E-state index is 7.45. The lowest BCUT2D eigenvalue weighted by Crippen LogP contribution is -2.27. The molecule has 1 fully saturated rings. The monoisotopic (exact) mass is 261 g/mol. The zero-order valence-corrected chi connectivity index (χ0v) is 11.6. The van der Waals surface area contributed by atoms with Crippen LogP contribution < -0.4 is 10.6 Å². The van der Waals surface area contributed by atoms with Crippen molar-refractivity contribution in [2.24, 2.45) is 11.7 Å². The Balaban J connectivity index is 2.05. The highest BCUT2D eigenvalue weighted by Crippen LogP contribution is 2.23. The van der Waals surface area contributed by atoms with E-state index in [0.717, 1.165) is 19.0 Å². The lowest BCUT2D eigenvalue weighted by molar-refractivity contribution is 0.435. The summed E-state index contributed by atoms with van der Waals surface area (Å²) < 4.78 is 0. The molecule has 1 aromatic heterocycles. The lowest BCUT2D eigenvalue weighted by atomic mass is 9.96. The van der Waals surface area contributed by atoms with Gasteiger partial charge in [-0.2, -0.15) is 0 Å². The zero-order chi connectivity index (χ0) is 13.7. The summed E-state index contributed by atoms with van der Waals surface area (Å²) in [5.41, 5.74) is 5.99. The fraction of sp³-hybridized carbons (Fsp3) is 0.643. The van der Waals surface area contributed by atoms with Gasteiger partial charge in [0.15, 0.2) is 0 Å². The third kappa shape index (κ3) is 3.66. The van der Waals surface area contributed by atoms with Crippen molar-refractivity contribution >= 4 is 11.8 Å². The first-order valence-corrected chi connectivity index (χ1v) is 7.13. The lowest BCUT2D eigenvalue weighted by Gasteiger charge is -2.20. The van der Waals surface area contributed by atoms with Crippen LogP contribution in [0.2, 0.25) is 0 Å². The van der Waals surface area contributed by atoms with Gasteiger partial charge in [-0.3, -0.25) is 5.41 Å². The Bertz CT molecular complexity index is 432. The molecule has 1 atom stereocenters. The Morgan fingerprint density at radius 3 is 3.05 bits per heavy atom. The Hall–Kier alpha value is -1.65. The zero-order valence-electron chi connectivity index (χ0n) is 11.6. The number of nitrogens with two attached hydrogens (primary N) is 1. The van der Waals surface area contributed by atoms with Crippen molar-refractivity contribution < 1.29 is 0 Å². The maximum Gasteiger partial charge on any atom is 0.225 e. The molecule has 0 spiro atoms. The van der Waals surface area contributed by atoms with E-state index in [1.807, 2.05) is 0 Å². The van der Waals surface area contributed by atoms with Gasteiger partial charge in [-0.05, 0) is 31.2 Å². The average molecular weight is 261 g/mol. The summed E-state index contributed by atoms with van der Waals surface area (Å²) in [6, 6.07) is 1.68. The molecular formula is C14H23N5. The fourth-order valence-electron chi connectivity index (χ4n) is 2.71. The highest BCUT2D eigenvalue weighted by Gasteiger charge is 2.18. The maximum absolute atomic E-state index is 7.45. The molecule has 104 valence electrons. The molecule has 0 amide bonds. The predicted octanol–water partition coefficient (Wildman–Crippen LogP) is 2.17. The number of hydrogen-bond donors (Lipinski definition) is 2. The van der Waals surface area contributed by atoms with Gasteiger partial charge < -0.3 is 10.6 Å². The average Bonchev–Trinajstić information content (AvgIpc) is 2.65. The second-order valence-electron chi connectivity index (χ2n) is 5.23. The largest absolute Gasteiger partial charge is 0.382 e. The van der Waals surface area contributed by atoms with Gasteiger partial charge in [-0.1, -0.05) is 19.8 Å². The van der Waals surface area contributed by atoms with Gasteiger partial charge >= 0.3 is 0 Å². The Morgan fingerprint density at radius 2 is 2.32 bits per heavy atom. The molecule has 5 nitrogen and oxygen atoms in total. The van der Waals surface area contributed by atoms with E-state index in [-0.39, 0.29) is 5.84 Å². The number of amidine groups is 1. The molecular weight excluding hydrogens is 238 g/mol. The standard InChI is InChI=1S/C14H23N5/c1-2-4-11-5-3-9-19(10-7-11)14-17-8-6-12(18-14)13(15)16/h6,8,11H,2-5,7,9-10H2,1H3,(H3,15,16). The third-order valence-corrected chi connectivity index (χ3v) is 3.75. The van der Waals surface area contributed by atoms with Crippen molar-refractivity contribution in [1.82, 2.24) is 9.97 Å². The van der Waals surface area contributed by atoms with Crippen LogP contribution in [0.15, 0.2) is 12.3 Å². The first-order valence-electron chi connectivity index (χ1n) is 7.13. The number of nitrogens with one attached hydrogen (secondary N) is 1. The van der Waals surface area contributed by atoms with Gasteiger partial charge in [0.2, 0.25) is 5.95 Å². The van der Waals surface area contributed by atoms with E-state index < -0.39 is 0 Å². The summed E-state index contributed by atoms with van der Waals surface area (Å²) in [7, 11) is 0. The first kappa shape index (κ1) is 13.8. The van der Waals surface area contributed by atoms with Gasteiger partial charge in [0.05, 0.1) is 0 Å². The second kappa shape index (κ2) is 6.50. The summed E-state index contributed by atoms with van der Waals surface area (Å²) in [6.45, 7) is 4.26. The van der Waals surface area contributed by atoms with Crippen molar-refractivity contribution in [3.63, 3.8) is 0 Å². The number of nitrogen functional groups attached to an aromatic ring is 1. The molecule has 2 heterocycles. The molecule has 1 aliphatic heterocycles. The molecule has 19 heavy (non-hydrogen) atoms. The molecule has 1 aliphatic rings. The summed E-state index contributed by atoms with van der Waals surface area (Å²) >= 11 is 0. The number of aromatic nitrogens is 2. The van der Waals surface area contributed by atoms with Crippen LogP contribution in [0.5, 0.6) is 0 Å². The molecule has 0 radical (unpaired) electrons. The van der Waals surface area contributed by atoms with Crippen LogP contribution in [-0.4, -0.2) is 28.9 Å². The van der Waals surface area contributed by atoms with E-state index in [4.69, 9.17) is 11.1 Å². The Labute approximate surface area is 114 Å². The number of hydrogen-bond acceptors (Lipinski definition) is 4. The van der Waals surface area contributed by atoms with Gasteiger partial charge in [-0.15, -0.1) is 0 Å². The third-order valence-electron chi connectivity index (χ3n) is 3.75. The highest BCUT2D eigenvalue weighted by molar-refractivity contribution is 5.93. The number of anilines is 1. The van der Waals surface area contributed by atoms with Crippen LogP contribution in [0, 0.1) is 11.3 Å². The van der Waals surface area contributed by atoms with E-state index >= 15 is 0 Å². The molecule has 1 saturated heterocycles. The Morgan fingerprint density at radius 1 is 1.47 bits per heavy atom. The smallest absolute Gasteiger partial charge is 0.225 e. The van der Waals surface area contributed by atoms with E-state index in [1.54, 1.807) is 12.3 Å². The van der Waals surface area contributed by atoms with Crippen LogP contribution in [-0.2, 0) is 0 Å². The molecule has 0 aliphatic carbocycles. The highest BCUT2D eigenvalue weighted by atomic mass is 15.2. The van der Waals surface area contributed by atoms with E-state index in [2.05, 4.69) is 21.8 Å². The van der Waals surface area contributed by atoms with Gasteiger partial charge in [0, 0.05) is 19.3 Å². The van der Waals surface area contributed by atoms with Gasteiger partial charge in [-0.25, -0.2) is 9.97 Å². The first-order chi connectivity index (χ1) is 9.20. The molecule has 0 saturated carbocycles. The second-order valence-corrected chi connectivity index (χ2v) is 5.23.